The van der Waals surface area contributed by atoms with E-state index in [1.807, 2.05) is 0 Å². The van der Waals surface area contributed by atoms with Crippen molar-refractivity contribution in [3.63, 3.8) is 0 Å². The number of likely N-dealkylation sites (N-methyl/N-ethyl adjacent to an activating group) is 1. The number of nitrogens with zero attached hydrogens (tertiary/aromatic N) is 1. The van der Waals surface area contributed by atoms with Crippen LogP contribution in [0, 0.1) is 5.92 Å². The molecule has 0 radical (unpaired) electrons. The van der Waals surface area contributed by atoms with Gasteiger partial charge in [0.25, 0.3) is 0 Å². The van der Waals surface area contributed by atoms with Crippen LogP contribution in [0.3, 0.4) is 0 Å². The highest BCUT2D eigenvalue weighted by atomic mass is 15.1. The van der Waals surface area contributed by atoms with E-state index in [0.717, 1.165) is 6.54 Å². The fourth-order valence-electron chi connectivity index (χ4n) is 2.30. The molecule has 2 rings (SSSR count). The summed E-state index contributed by atoms with van der Waals surface area (Å²) in [4.78, 5) is 2.42. The smallest absolute Gasteiger partial charge is 0.0308 e. The monoisotopic (exact) mass is 201 g/mol. The average Bonchev–Trinajstić information content (AvgIpc) is 2.62. The van der Waals surface area contributed by atoms with Gasteiger partial charge in [0.2, 0.25) is 0 Å². The fourth-order valence-corrected chi connectivity index (χ4v) is 2.30. The lowest BCUT2D eigenvalue weighted by Gasteiger charge is -2.22. The van der Waals surface area contributed by atoms with Crippen LogP contribution in [0.5, 0.6) is 0 Å². The molecule has 0 saturated carbocycles. The Morgan fingerprint density at radius 3 is 2.40 bits per heavy atom. The van der Waals surface area contributed by atoms with Crippen molar-refractivity contribution in [2.24, 2.45) is 5.92 Å². The standard InChI is InChI=1S/C14H19N/c1-11(2)14-9-13(10-15(14)3)12-7-5-4-6-8-12/h4-9,11,14H,10H2,1-3H3/t14-/m1/s1. The predicted octanol–water partition coefficient (Wildman–Crippen LogP) is 3.04. The van der Waals surface area contributed by atoms with Gasteiger partial charge >= 0.3 is 0 Å². The fraction of sp³-hybridized carbons (Fsp3) is 0.429. The van der Waals surface area contributed by atoms with Crippen molar-refractivity contribution in [3.8, 4) is 0 Å². The Morgan fingerprint density at radius 1 is 1.20 bits per heavy atom. The third-order valence-corrected chi connectivity index (χ3v) is 3.13. The first-order valence-corrected chi connectivity index (χ1v) is 5.65. The van der Waals surface area contributed by atoms with Crippen molar-refractivity contribution in [2.75, 3.05) is 13.6 Å². The summed E-state index contributed by atoms with van der Waals surface area (Å²) in [6, 6.07) is 11.3. The van der Waals surface area contributed by atoms with E-state index in [1.54, 1.807) is 0 Å². The van der Waals surface area contributed by atoms with Crippen molar-refractivity contribution >= 4 is 5.57 Å². The normalized spacial score (nSPS) is 22.1. The van der Waals surface area contributed by atoms with Crippen LogP contribution >= 0.6 is 0 Å². The molecule has 1 aromatic rings. The van der Waals surface area contributed by atoms with Crippen LogP contribution in [-0.2, 0) is 0 Å². The quantitative estimate of drug-likeness (QED) is 0.711. The zero-order chi connectivity index (χ0) is 10.8. The minimum Gasteiger partial charge on any atom is -0.295 e. The summed E-state index contributed by atoms with van der Waals surface area (Å²) >= 11 is 0. The Balaban J connectivity index is 2.23. The average molecular weight is 201 g/mol. The molecule has 1 heterocycles. The van der Waals surface area contributed by atoms with Crippen LogP contribution in [0.4, 0.5) is 0 Å². The van der Waals surface area contributed by atoms with Crippen molar-refractivity contribution in [2.45, 2.75) is 19.9 Å². The molecule has 1 atom stereocenters. The predicted molar refractivity (Wildman–Crippen MR) is 65.7 cm³/mol. The van der Waals surface area contributed by atoms with Gasteiger partial charge in [-0.2, -0.15) is 0 Å². The summed E-state index contributed by atoms with van der Waals surface area (Å²) in [5, 5.41) is 0. The first-order valence-electron chi connectivity index (χ1n) is 5.65. The second-order valence-corrected chi connectivity index (χ2v) is 4.71. The zero-order valence-corrected chi connectivity index (χ0v) is 9.77. The summed E-state index contributed by atoms with van der Waals surface area (Å²) in [6.07, 6.45) is 2.42. The molecule has 80 valence electrons. The molecule has 15 heavy (non-hydrogen) atoms. The third kappa shape index (κ3) is 2.13. The molecule has 0 bridgehead atoms. The van der Waals surface area contributed by atoms with E-state index >= 15 is 0 Å². The Kier molecular flexibility index (Phi) is 2.92. The summed E-state index contributed by atoms with van der Waals surface area (Å²) < 4.78 is 0. The number of hydrogen-bond acceptors (Lipinski definition) is 1. The molecule has 1 nitrogen and oxygen atoms in total. The second kappa shape index (κ2) is 4.19. The van der Waals surface area contributed by atoms with Crippen LogP contribution in [0.15, 0.2) is 36.4 Å². The van der Waals surface area contributed by atoms with Crippen LogP contribution in [-0.4, -0.2) is 24.5 Å². The van der Waals surface area contributed by atoms with Gasteiger partial charge in [0.15, 0.2) is 0 Å². The largest absolute Gasteiger partial charge is 0.295 e. The maximum Gasteiger partial charge on any atom is 0.0308 e. The molecule has 0 N–H and O–H groups in total. The summed E-state index contributed by atoms with van der Waals surface area (Å²) in [6.45, 7) is 5.64. The van der Waals surface area contributed by atoms with Gasteiger partial charge in [-0.25, -0.2) is 0 Å². The first kappa shape index (κ1) is 10.4. The van der Waals surface area contributed by atoms with Gasteiger partial charge in [0.05, 0.1) is 0 Å². The molecule has 0 amide bonds. The van der Waals surface area contributed by atoms with Crippen LogP contribution in [0.2, 0.25) is 0 Å². The molecule has 0 unspecified atom stereocenters. The molecule has 0 saturated heterocycles. The van der Waals surface area contributed by atoms with Crippen LogP contribution < -0.4 is 0 Å². The Hall–Kier alpha value is -1.08. The van der Waals surface area contributed by atoms with E-state index in [-0.39, 0.29) is 0 Å². The molecular weight excluding hydrogens is 182 g/mol. The Bertz CT molecular complexity index is 351. The van der Waals surface area contributed by atoms with E-state index in [4.69, 9.17) is 0 Å². The van der Waals surface area contributed by atoms with E-state index < -0.39 is 0 Å². The summed E-state index contributed by atoms with van der Waals surface area (Å²) in [5.74, 6) is 0.691. The van der Waals surface area contributed by atoms with Crippen molar-refractivity contribution in [1.29, 1.82) is 0 Å². The lowest BCUT2D eigenvalue weighted by Crippen LogP contribution is -2.30. The molecule has 0 aliphatic carbocycles. The van der Waals surface area contributed by atoms with Crippen molar-refractivity contribution in [1.82, 2.24) is 4.90 Å². The SMILES string of the molecule is CC(C)[C@H]1C=C(c2ccccc2)CN1C. The van der Waals surface area contributed by atoms with Gasteiger partial charge in [-0.05, 0) is 24.1 Å². The highest BCUT2D eigenvalue weighted by Crippen LogP contribution is 2.27. The third-order valence-electron chi connectivity index (χ3n) is 3.13. The Labute approximate surface area is 92.4 Å². The van der Waals surface area contributed by atoms with E-state index in [0.29, 0.717) is 12.0 Å². The van der Waals surface area contributed by atoms with E-state index in [1.165, 1.54) is 11.1 Å². The van der Waals surface area contributed by atoms with E-state index in [9.17, 15) is 0 Å². The van der Waals surface area contributed by atoms with Crippen molar-refractivity contribution < 1.29 is 0 Å². The van der Waals surface area contributed by atoms with Crippen molar-refractivity contribution in [3.05, 3.63) is 42.0 Å². The molecule has 0 spiro atoms. The molecule has 1 aromatic carbocycles. The van der Waals surface area contributed by atoms with Gasteiger partial charge in [-0.15, -0.1) is 0 Å². The summed E-state index contributed by atoms with van der Waals surface area (Å²) in [5.41, 5.74) is 2.84. The second-order valence-electron chi connectivity index (χ2n) is 4.71. The molecule has 1 heteroatoms. The van der Waals surface area contributed by atoms with Gasteiger partial charge in [-0.3, -0.25) is 4.90 Å². The zero-order valence-electron chi connectivity index (χ0n) is 9.77. The number of benzene rings is 1. The van der Waals surface area contributed by atoms with Gasteiger partial charge in [0.1, 0.15) is 0 Å². The molecule has 1 aliphatic rings. The maximum absolute atomic E-state index is 2.42. The lowest BCUT2D eigenvalue weighted by atomic mass is 10.0. The molecule has 0 fully saturated rings. The van der Waals surface area contributed by atoms with Gasteiger partial charge in [-0.1, -0.05) is 50.3 Å². The van der Waals surface area contributed by atoms with E-state index in [2.05, 4.69) is 62.2 Å². The molecule has 0 aromatic heterocycles. The topological polar surface area (TPSA) is 3.24 Å². The maximum atomic E-state index is 2.42. The number of hydrogen-bond donors (Lipinski definition) is 0. The minimum atomic E-state index is 0.597. The molecular formula is C14H19N. The first-order chi connectivity index (χ1) is 7.18. The molecule has 1 aliphatic heterocycles. The summed E-state index contributed by atoms with van der Waals surface area (Å²) in [7, 11) is 2.21. The van der Waals surface area contributed by atoms with Gasteiger partial charge in [0, 0.05) is 12.6 Å². The van der Waals surface area contributed by atoms with Crippen LogP contribution in [0.1, 0.15) is 19.4 Å². The number of rotatable bonds is 2. The highest BCUT2D eigenvalue weighted by molar-refractivity contribution is 5.69. The minimum absolute atomic E-state index is 0.597. The lowest BCUT2D eigenvalue weighted by molar-refractivity contribution is 0.276. The van der Waals surface area contributed by atoms with Crippen LogP contribution in [0.25, 0.3) is 5.57 Å². The highest BCUT2D eigenvalue weighted by Gasteiger charge is 2.24. The van der Waals surface area contributed by atoms with Gasteiger partial charge < -0.3 is 0 Å². The Morgan fingerprint density at radius 2 is 1.87 bits per heavy atom.